The predicted octanol–water partition coefficient (Wildman–Crippen LogP) is 7.05. The molecule has 6 nitrogen and oxygen atoms in total. The number of hydrogen-bond acceptors (Lipinski definition) is 6. The number of hydrogen-bond donors (Lipinski definition) is 0. The van der Waals surface area contributed by atoms with Crippen LogP contribution in [0.1, 0.15) is 57.2 Å². The molecule has 4 aromatic carbocycles. The summed E-state index contributed by atoms with van der Waals surface area (Å²) in [6.07, 6.45) is 0. The smallest absolute Gasteiger partial charge is 0.312 e. The van der Waals surface area contributed by atoms with Crippen LogP contribution in [-0.2, 0) is 19.0 Å². The second kappa shape index (κ2) is 9.47. The van der Waals surface area contributed by atoms with E-state index in [4.69, 9.17) is 24.2 Å². The molecule has 0 radical (unpaired) electrons. The van der Waals surface area contributed by atoms with Gasteiger partial charge in [0.15, 0.2) is 0 Å². The SMILES string of the molecule is COC(=O)[C@@H](C)c1ccc2c(-c3c(C4=NC(C)(C)CO4)ccc4ccccc34)c(C3=NC(C)(C)CO3)ccc2c1. The van der Waals surface area contributed by atoms with Crippen molar-refractivity contribution < 1.29 is 19.0 Å². The van der Waals surface area contributed by atoms with Crippen molar-refractivity contribution >= 4 is 39.3 Å². The van der Waals surface area contributed by atoms with Gasteiger partial charge in [0, 0.05) is 22.3 Å². The third-order valence-electron chi connectivity index (χ3n) is 7.67. The maximum Gasteiger partial charge on any atom is 0.312 e. The number of fused-ring (bicyclic) bond motifs is 2. The Labute approximate surface area is 234 Å². The van der Waals surface area contributed by atoms with E-state index in [2.05, 4.69) is 88.4 Å². The molecule has 0 fully saturated rings. The number of esters is 1. The summed E-state index contributed by atoms with van der Waals surface area (Å²) in [6.45, 7) is 11.2. The minimum atomic E-state index is -0.377. The van der Waals surface area contributed by atoms with Crippen molar-refractivity contribution in [1.29, 1.82) is 0 Å². The first-order chi connectivity index (χ1) is 19.1. The summed E-state index contributed by atoms with van der Waals surface area (Å²) in [4.78, 5) is 22.3. The molecule has 0 saturated heterocycles. The summed E-state index contributed by atoms with van der Waals surface area (Å²) in [5, 5.41) is 4.25. The van der Waals surface area contributed by atoms with Crippen molar-refractivity contribution in [3.05, 3.63) is 83.4 Å². The van der Waals surface area contributed by atoms with Crippen LogP contribution in [0.25, 0.3) is 32.7 Å². The van der Waals surface area contributed by atoms with Crippen molar-refractivity contribution in [2.75, 3.05) is 20.3 Å². The zero-order valence-corrected chi connectivity index (χ0v) is 23.9. The maximum absolute atomic E-state index is 12.3. The van der Waals surface area contributed by atoms with E-state index in [1.54, 1.807) is 0 Å². The number of aliphatic imine (C=N–C) groups is 2. The Morgan fingerprint density at radius 3 is 1.88 bits per heavy atom. The van der Waals surface area contributed by atoms with Gasteiger partial charge < -0.3 is 14.2 Å². The van der Waals surface area contributed by atoms with Gasteiger partial charge >= 0.3 is 5.97 Å². The first kappa shape index (κ1) is 26.1. The Bertz CT molecular complexity index is 1730. The van der Waals surface area contributed by atoms with Crippen LogP contribution >= 0.6 is 0 Å². The summed E-state index contributed by atoms with van der Waals surface area (Å²) in [5.41, 5.74) is 4.17. The molecule has 0 aromatic heterocycles. The van der Waals surface area contributed by atoms with E-state index in [1.165, 1.54) is 7.11 Å². The molecule has 2 aliphatic heterocycles. The number of methoxy groups -OCH3 is 1. The van der Waals surface area contributed by atoms with Crippen LogP contribution in [0, 0.1) is 0 Å². The molecule has 2 heterocycles. The highest BCUT2D eigenvalue weighted by Gasteiger charge is 2.33. The Morgan fingerprint density at radius 1 is 0.775 bits per heavy atom. The Balaban J connectivity index is 1.70. The fourth-order valence-corrected chi connectivity index (χ4v) is 5.54. The highest BCUT2D eigenvalue weighted by Crippen LogP contribution is 2.42. The minimum Gasteiger partial charge on any atom is -0.475 e. The van der Waals surface area contributed by atoms with Crippen molar-refractivity contribution in [2.45, 2.75) is 51.6 Å². The highest BCUT2D eigenvalue weighted by molar-refractivity contribution is 6.19. The molecule has 0 aliphatic carbocycles. The molecular weight excluding hydrogens is 500 g/mol. The van der Waals surface area contributed by atoms with Gasteiger partial charge in [0.2, 0.25) is 11.8 Å². The summed E-state index contributed by atoms with van der Waals surface area (Å²) < 4.78 is 17.4. The Kier molecular flexibility index (Phi) is 6.17. The maximum atomic E-state index is 12.3. The third-order valence-corrected chi connectivity index (χ3v) is 7.67. The number of ether oxygens (including phenoxy) is 3. The van der Waals surface area contributed by atoms with E-state index in [1.807, 2.05) is 13.0 Å². The van der Waals surface area contributed by atoms with E-state index in [-0.39, 0.29) is 23.0 Å². The Hall–Kier alpha value is -4.19. The lowest BCUT2D eigenvalue weighted by Gasteiger charge is -2.20. The van der Waals surface area contributed by atoms with Gasteiger partial charge in [-0.2, -0.15) is 0 Å². The molecule has 204 valence electrons. The highest BCUT2D eigenvalue weighted by atomic mass is 16.5. The zero-order valence-electron chi connectivity index (χ0n) is 23.9. The molecular formula is C34H34N2O4. The predicted molar refractivity (Wildman–Crippen MR) is 160 cm³/mol. The second-order valence-corrected chi connectivity index (χ2v) is 12.0. The molecule has 6 heteroatoms. The van der Waals surface area contributed by atoms with Gasteiger partial charge in [0.1, 0.15) is 13.2 Å². The van der Waals surface area contributed by atoms with E-state index < -0.39 is 0 Å². The first-order valence-electron chi connectivity index (χ1n) is 13.7. The van der Waals surface area contributed by atoms with Gasteiger partial charge in [0.25, 0.3) is 0 Å². The quantitative estimate of drug-likeness (QED) is 0.257. The largest absolute Gasteiger partial charge is 0.475 e. The van der Waals surface area contributed by atoms with E-state index in [0.717, 1.165) is 49.4 Å². The van der Waals surface area contributed by atoms with E-state index in [9.17, 15) is 4.79 Å². The van der Waals surface area contributed by atoms with Gasteiger partial charge in [0.05, 0.1) is 24.1 Å². The molecule has 0 N–H and O–H groups in total. The topological polar surface area (TPSA) is 69.5 Å². The Morgan fingerprint density at radius 2 is 1.32 bits per heavy atom. The van der Waals surface area contributed by atoms with Crippen LogP contribution in [0.2, 0.25) is 0 Å². The van der Waals surface area contributed by atoms with Crippen LogP contribution in [0.3, 0.4) is 0 Å². The molecule has 0 saturated carbocycles. The van der Waals surface area contributed by atoms with E-state index >= 15 is 0 Å². The number of benzene rings is 4. The van der Waals surface area contributed by atoms with Gasteiger partial charge in [-0.3, -0.25) is 4.79 Å². The number of rotatable bonds is 5. The van der Waals surface area contributed by atoms with Crippen molar-refractivity contribution in [3.8, 4) is 11.1 Å². The average Bonchev–Trinajstić information content (AvgIpc) is 3.50. The molecule has 4 aromatic rings. The fourth-order valence-electron chi connectivity index (χ4n) is 5.54. The summed E-state index contributed by atoms with van der Waals surface area (Å²) >= 11 is 0. The third kappa shape index (κ3) is 4.51. The van der Waals surface area contributed by atoms with Crippen LogP contribution in [0.4, 0.5) is 0 Å². The summed E-state index contributed by atoms with van der Waals surface area (Å²) in [7, 11) is 1.42. The summed E-state index contributed by atoms with van der Waals surface area (Å²) in [5.74, 6) is 0.626. The fraction of sp³-hybridized carbons (Fsp3) is 0.324. The number of carbonyl (C=O) groups excluding carboxylic acids is 1. The molecule has 0 bridgehead atoms. The molecule has 0 amide bonds. The monoisotopic (exact) mass is 534 g/mol. The van der Waals surface area contributed by atoms with Gasteiger partial charge in [-0.25, -0.2) is 9.98 Å². The minimum absolute atomic E-state index is 0.262. The molecule has 2 aliphatic rings. The lowest BCUT2D eigenvalue weighted by Crippen LogP contribution is -2.17. The average molecular weight is 535 g/mol. The van der Waals surface area contributed by atoms with Gasteiger partial charge in [-0.1, -0.05) is 54.6 Å². The van der Waals surface area contributed by atoms with Crippen LogP contribution < -0.4 is 0 Å². The molecule has 0 spiro atoms. The number of carbonyl (C=O) groups is 1. The zero-order chi connectivity index (χ0) is 28.2. The normalized spacial score (nSPS) is 18.1. The number of nitrogens with zero attached hydrogens (tertiary/aromatic N) is 2. The lowest BCUT2D eigenvalue weighted by atomic mass is 9.85. The summed E-state index contributed by atoms with van der Waals surface area (Å²) in [6, 6.07) is 22.9. The van der Waals surface area contributed by atoms with Crippen molar-refractivity contribution in [2.24, 2.45) is 9.98 Å². The van der Waals surface area contributed by atoms with Crippen molar-refractivity contribution in [3.63, 3.8) is 0 Å². The standard InChI is InChI=1S/C34H34N2O4/c1-20(32(37)38-6)22-12-14-25-23(17-22)13-16-27(31-36-34(4,5)19-40-31)29(25)28-24-10-8-7-9-21(24)11-15-26(28)30-35-33(2,3)18-39-30/h7-17,20H,18-19H2,1-6H3/t20-/m0/s1. The van der Waals surface area contributed by atoms with Crippen LogP contribution in [0.5, 0.6) is 0 Å². The molecule has 6 rings (SSSR count). The van der Waals surface area contributed by atoms with Crippen LogP contribution in [-0.4, -0.2) is 49.2 Å². The second-order valence-electron chi connectivity index (χ2n) is 12.0. The first-order valence-corrected chi connectivity index (χ1v) is 13.7. The molecule has 1 atom stereocenters. The molecule has 0 unspecified atom stereocenters. The van der Waals surface area contributed by atoms with Crippen molar-refractivity contribution in [1.82, 2.24) is 0 Å². The van der Waals surface area contributed by atoms with E-state index in [0.29, 0.717) is 25.0 Å². The van der Waals surface area contributed by atoms with Gasteiger partial charge in [-0.05, 0) is 73.9 Å². The van der Waals surface area contributed by atoms with Crippen LogP contribution in [0.15, 0.2) is 76.7 Å². The lowest BCUT2D eigenvalue weighted by molar-refractivity contribution is -0.141. The van der Waals surface area contributed by atoms with Gasteiger partial charge in [-0.15, -0.1) is 0 Å². The molecule has 40 heavy (non-hydrogen) atoms.